The Morgan fingerprint density at radius 3 is 2.43 bits per heavy atom. The first-order valence-electron chi connectivity index (χ1n) is 8.26. The van der Waals surface area contributed by atoms with Gasteiger partial charge in [0, 0.05) is 31.7 Å². The fourth-order valence-electron chi connectivity index (χ4n) is 2.46. The monoisotopic (exact) mass is 439 g/mol. The first-order chi connectivity index (χ1) is 10.2. The molecule has 0 aliphatic carbocycles. The summed E-state index contributed by atoms with van der Waals surface area (Å²) >= 11 is 0. The second-order valence-electron chi connectivity index (χ2n) is 7.22. The van der Waals surface area contributed by atoms with Gasteiger partial charge in [0.25, 0.3) is 0 Å². The Kier molecular flexibility index (Phi) is 9.42. The third-order valence-corrected chi connectivity index (χ3v) is 4.34. The van der Waals surface area contributed by atoms with Crippen molar-refractivity contribution in [1.29, 1.82) is 0 Å². The number of guanidine groups is 1. The molecule has 1 saturated heterocycles. The normalized spacial score (nSPS) is 22.8. The van der Waals surface area contributed by atoms with E-state index in [9.17, 15) is 4.79 Å². The van der Waals surface area contributed by atoms with Gasteiger partial charge in [0.1, 0.15) is 0 Å². The van der Waals surface area contributed by atoms with Gasteiger partial charge >= 0.3 is 0 Å². The number of carbonyl (C=O) groups excluding carboxylic acids is 1. The van der Waals surface area contributed by atoms with Crippen molar-refractivity contribution in [3.05, 3.63) is 0 Å². The van der Waals surface area contributed by atoms with Crippen LogP contribution < -0.4 is 16.4 Å². The van der Waals surface area contributed by atoms with E-state index in [2.05, 4.69) is 41.3 Å². The van der Waals surface area contributed by atoms with Crippen LogP contribution in [0.4, 0.5) is 0 Å². The van der Waals surface area contributed by atoms with Gasteiger partial charge in [-0.25, -0.2) is 0 Å². The molecule has 0 aromatic rings. The lowest BCUT2D eigenvalue weighted by Crippen LogP contribution is -2.47. The fraction of sp³-hybridized carbons (Fsp3) is 0.875. The van der Waals surface area contributed by atoms with Crippen LogP contribution in [-0.2, 0) is 4.79 Å². The lowest BCUT2D eigenvalue weighted by Gasteiger charge is -2.23. The number of aliphatic imine (C=N–C) groups is 1. The van der Waals surface area contributed by atoms with Gasteiger partial charge in [-0.1, -0.05) is 6.92 Å². The molecular weight excluding hydrogens is 405 g/mol. The van der Waals surface area contributed by atoms with Crippen molar-refractivity contribution in [2.45, 2.75) is 53.6 Å². The SMILES string of the molecule is CCNC(=NCC(C)(C)C(N)=O)NC1CN(C(C)C)CC1C.I. The fourth-order valence-corrected chi connectivity index (χ4v) is 2.46. The second-order valence-corrected chi connectivity index (χ2v) is 7.22. The van der Waals surface area contributed by atoms with Crippen molar-refractivity contribution in [2.75, 3.05) is 26.2 Å². The Bertz CT molecular complexity index is 411. The standard InChI is InChI=1S/C16H33N5O.HI/c1-7-18-15(19-10-16(5,6)14(17)22)20-13-9-21(11(2)3)8-12(13)4;/h11-13H,7-10H2,1-6H3,(H2,17,22)(H2,18,19,20);1H. The van der Waals surface area contributed by atoms with Crippen molar-refractivity contribution in [1.82, 2.24) is 15.5 Å². The van der Waals surface area contributed by atoms with E-state index < -0.39 is 5.41 Å². The van der Waals surface area contributed by atoms with Crippen molar-refractivity contribution in [3.8, 4) is 0 Å². The van der Waals surface area contributed by atoms with Crippen molar-refractivity contribution >= 4 is 35.8 Å². The molecule has 0 spiro atoms. The summed E-state index contributed by atoms with van der Waals surface area (Å²) in [7, 11) is 0. The number of amides is 1. The number of rotatable bonds is 6. The van der Waals surface area contributed by atoms with Crippen LogP contribution in [0.25, 0.3) is 0 Å². The van der Waals surface area contributed by atoms with Gasteiger partial charge in [0.2, 0.25) is 5.91 Å². The molecule has 0 aromatic heterocycles. The summed E-state index contributed by atoms with van der Waals surface area (Å²) in [5, 5.41) is 6.76. The summed E-state index contributed by atoms with van der Waals surface area (Å²) in [5.41, 5.74) is 4.78. The van der Waals surface area contributed by atoms with Crippen LogP contribution in [0, 0.1) is 11.3 Å². The predicted molar refractivity (Wildman–Crippen MR) is 107 cm³/mol. The molecule has 136 valence electrons. The zero-order valence-corrected chi connectivity index (χ0v) is 17.7. The maximum atomic E-state index is 11.4. The minimum atomic E-state index is -0.631. The Labute approximate surface area is 158 Å². The lowest BCUT2D eigenvalue weighted by molar-refractivity contribution is -0.125. The third-order valence-electron chi connectivity index (χ3n) is 4.34. The summed E-state index contributed by atoms with van der Waals surface area (Å²) in [5.74, 6) is 1.00. The van der Waals surface area contributed by atoms with E-state index in [1.165, 1.54) is 0 Å². The minimum absolute atomic E-state index is 0. The number of likely N-dealkylation sites (tertiary alicyclic amines) is 1. The van der Waals surface area contributed by atoms with E-state index in [-0.39, 0.29) is 29.9 Å². The van der Waals surface area contributed by atoms with E-state index in [4.69, 9.17) is 5.73 Å². The van der Waals surface area contributed by atoms with E-state index in [1.54, 1.807) is 0 Å². The highest BCUT2D eigenvalue weighted by Gasteiger charge is 2.31. The summed E-state index contributed by atoms with van der Waals surface area (Å²) in [6.45, 7) is 15.7. The largest absolute Gasteiger partial charge is 0.369 e. The quantitative estimate of drug-likeness (QED) is 0.332. The number of primary amides is 1. The van der Waals surface area contributed by atoms with Crippen molar-refractivity contribution in [3.63, 3.8) is 0 Å². The average molecular weight is 439 g/mol. The van der Waals surface area contributed by atoms with E-state index in [0.29, 0.717) is 24.5 Å². The number of halogens is 1. The van der Waals surface area contributed by atoms with Gasteiger partial charge in [-0.3, -0.25) is 14.7 Å². The van der Waals surface area contributed by atoms with Gasteiger partial charge in [-0.05, 0) is 40.5 Å². The summed E-state index contributed by atoms with van der Waals surface area (Å²) in [4.78, 5) is 18.4. The van der Waals surface area contributed by atoms with E-state index in [0.717, 1.165) is 25.6 Å². The Morgan fingerprint density at radius 1 is 1.39 bits per heavy atom. The number of nitrogens with zero attached hydrogens (tertiary/aromatic N) is 2. The predicted octanol–water partition coefficient (Wildman–Crippen LogP) is 1.40. The molecule has 2 unspecified atom stereocenters. The van der Waals surface area contributed by atoms with Crippen LogP contribution in [0.5, 0.6) is 0 Å². The number of hydrogen-bond acceptors (Lipinski definition) is 3. The van der Waals surface area contributed by atoms with Gasteiger partial charge in [-0.2, -0.15) is 0 Å². The van der Waals surface area contributed by atoms with Gasteiger partial charge in [0.05, 0.1) is 12.0 Å². The summed E-state index contributed by atoms with van der Waals surface area (Å²) < 4.78 is 0. The third kappa shape index (κ3) is 6.82. The molecule has 1 amide bonds. The molecule has 4 N–H and O–H groups in total. The molecule has 1 aliphatic rings. The zero-order chi connectivity index (χ0) is 16.9. The average Bonchev–Trinajstić information content (AvgIpc) is 2.78. The number of nitrogens with one attached hydrogen (secondary N) is 2. The molecular formula is C16H34IN5O. The Balaban J connectivity index is 0.00000484. The summed E-state index contributed by atoms with van der Waals surface area (Å²) in [6, 6.07) is 0.930. The highest BCUT2D eigenvalue weighted by atomic mass is 127. The zero-order valence-electron chi connectivity index (χ0n) is 15.3. The minimum Gasteiger partial charge on any atom is -0.369 e. The molecule has 6 nitrogen and oxygen atoms in total. The van der Waals surface area contributed by atoms with Gasteiger partial charge in [-0.15, -0.1) is 24.0 Å². The maximum Gasteiger partial charge on any atom is 0.224 e. The summed E-state index contributed by atoms with van der Waals surface area (Å²) in [6.07, 6.45) is 0. The first kappa shape index (κ1) is 22.4. The lowest BCUT2D eigenvalue weighted by atomic mass is 9.93. The molecule has 1 fully saturated rings. The molecule has 0 aromatic carbocycles. The molecule has 0 saturated carbocycles. The Hall–Kier alpha value is -0.570. The van der Waals surface area contributed by atoms with Gasteiger partial charge in [0.15, 0.2) is 5.96 Å². The van der Waals surface area contributed by atoms with Gasteiger partial charge < -0.3 is 16.4 Å². The topological polar surface area (TPSA) is 82.7 Å². The molecule has 1 heterocycles. The molecule has 0 radical (unpaired) electrons. The molecule has 2 atom stereocenters. The van der Waals surface area contributed by atoms with Crippen LogP contribution in [0.3, 0.4) is 0 Å². The number of nitrogens with two attached hydrogens (primary N) is 1. The molecule has 23 heavy (non-hydrogen) atoms. The maximum absolute atomic E-state index is 11.4. The van der Waals surface area contributed by atoms with Crippen LogP contribution in [0.2, 0.25) is 0 Å². The van der Waals surface area contributed by atoms with Crippen molar-refractivity contribution in [2.24, 2.45) is 22.1 Å². The number of hydrogen-bond donors (Lipinski definition) is 3. The number of carbonyl (C=O) groups is 1. The van der Waals surface area contributed by atoms with Crippen molar-refractivity contribution < 1.29 is 4.79 Å². The Morgan fingerprint density at radius 2 is 2.00 bits per heavy atom. The van der Waals surface area contributed by atoms with E-state index in [1.807, 2.05) is 20.8 Å². The first-order valence-corrected chi connectivity index (χ1v) is 8.26. The van der Waals surface area contributed by atoms with Crippen LogP contribution in [0.15, 0.2) is 4.99 Å². The molecule has 1 aliphatic heterocycles. The van der Waals surface area contributed by atoms with Crippen LogP contribution in [0.1, 0.15) is 41.5 Å². The molecule has 1 rings (SSSR count). The highest BCUT2D eigenvalue weighted by molar-refractivity contribution is 14.0. The van der Waals surface area contributed by atoms with Crippen LogP contribution in [-0.4, -0.2) is 55.0 Å². The second kappa shape index (κ2) is 9.66. The van der Waals surface area contributed by atoms with Crippen LogP contribution >= 0.6 is 24.0 Å². The molecule has 7 heteroatoms. The van der Waals surface area contributed by atoms with E-state index >= 15 is 0 Å². The molecule has 0 bridgehead atoms. The highest BCUT2D eigenvalue weighted by Crippen LogP contribution is 2.19. The smallest absolute Gasteiger partial charge is 0.224 e.